The molecule has 0 aromatic heterocycles. The molecular formula is C60H49Cl2N7O18. The lowest BCUT2D eigenvalue weighted by Gasteiger charge is -2.31. The highest BCUT2D eigenvalue weighted by Crippen LogP contribution is 2.48. The van der Waals surface area contributed by atoms with Gasteiger partial charge >= 0.3 is 5.97 Å². The second-order valence-corrected chi connectivity index (χ2v) is 21.3. The third-order valence-electron chi connectivity index (χ3n) is 14.9. The number of hydrogen-bond donors (Lipinski definition) is 14. The number of benzene rings is 7. The van der Waals surface area contributed by atoms with Crippen LogP contribution in [0.5, 0.6) is 69.0 Å². The second-order valence-electron chi connectivity index (χ2n) is 20.5. The Morgan fingerprint density at radius 1 is 0.540 bits per heavy atom. The molecule has 13 rings (SSSR count). The van der Waals surface area contributed by atoms with Gasteiger partial charge in [0, 0.05) is 40.8 Å². The molecular weight excluding hydrogens is 1180 g/mol. The minimum absolute atomic E-state index is 0.0506. The number of hydrogen-bond acceptors (Lipinski definition) is 19. The third-order valence-corrected chi connectivity index (χ3v) is 15.6. The van der Waals surface area contributed by atoms with E-state index in [4.69, 9.17) is 42.1 Å². The van der Waals surface area contributed by atoms with E-state index < -0.39 is 146 Å². The number of nitrogens with one attached hydrogen (secondary N) is 7. The summed E-state index contributed by atoms with van der Waals surface area (Å²) < 4.78 is 23.6. The number of aliphatic hydroxyl groups excluding tert-OH is 1. The van der Waals surface area contributed by atoms with Gasteiger partial charge in [-0.05, 0) is 108 Å². The largest absolute Gasteiger partial charge is 0.508 e. The molecule has 87 heavy (non-hydrogen) atoms. The first kappa shape index (κ1) is 58.3. The van der Waals surface area contributed by atoms with Crippen LogP contribution in [0.2, 0.25) is 10.0 Å². The SMILES string of the molecule is CNC1C(=O)NC2Cc3ccc(cc3)Oc3cc4cc(c3O)Oc3ccc(cc3Cl)C(O)C3NC(=O)C(NC(=O)C4NC(=O)C(NC2=O)c2cc(cc(O)c2Cl)Oc2cc1ccc2O)c1ccc(O)c(c1)-c1c(O)cc(O)cc1C(C(=O)OC)NC3=O. The summed E-state index contributed by atoms with van der Waals surface area (Å²) in [7, 11) is 2.44. The van der Waals surface area contributed by atoms with Crippen LogP contribution in [0.3, 0.4) is 0 Å². The number of fused-ring (bicyclic) bond motifs is 14. The van der Waals surface area contributed by atoms with E-state index in [1.54, 1.807) is 12.1 Å². The average Bonchev–Trinajstić information content (AvgIpc) is 1.90. The summed E-state index contributed by atoms with van der Waals surface area (Å²) in [6.45, 7) is 0. The van der Waals surface area contributed by atoms with Gasteiger partial charge in [0.1, 0.15) is 82.6 Å². The van der Waals surface area contributed by atoms with Gasteiger partial charge in [-0.2, -0.15) is 0 Å². The zero-order chi connectivity index (χ0) is 61.9. The molecule has 446 valence electrons. The van der Waals surface area contributed by atoms with Crippen molar-refractivity contribution in [2.24, 2.45) is 0 Å². The Morgan fingerprint density at radius 2 is 1.17 bits per heavy atom. The Balaban J connectivity index is 1.14. The number of ether oxygens (including phenoxy) is 4. The Labute approximate surface area is 501 Å². The first-order valence-electron chi connectivity index (χ1n) is 26.4. The summed E-state index contributed by atoms with van der Waals surface area (Å²) >= 11 is 13.7. The molecule has 14 N–H and O–H groups in total. The van der Waals surface area contributed by atoms with Crippen LogP contribution in [0, 0.1) is 0 Å². The van der Waals surface area contributed by atoms with Crippen molar-refractivity contribution in [3.05, 3.63) is 164 Å². The van der Waals surface area contributed by atoms with E-state index in [1.165, 1.54) is 49.5 Å². The van der Waals surface area contributed by atoms with Gasteiger partial charge in [0.15, 0.2) is 29.0 Å². The number of aliphatic hydroxyl groups is 1. The average molecular weight is 1230 g/mol. The van der Waals surface area contributed by atoms with Crippen LogP contribution < -0.4 is 51.4 Å². The maximum Gasteiger partial charge on any atom is 0.333 e. The molecule has 0 saturated carbocycles. The highest BCUT2D eigenvalue weighted by Gasteiger charge is 2.42. The van der Waals surface area contributed by atoms with Gasteiger partial charge in [-0.1, -0.05) is 53.5 Å². The molecule has 25 nitrogen and oxygen atoms in total. The second kappa shape index (κ2) is 23.2. The number of carbonyl (C=O) groups is 7. The lowest BCUT2D eigenvalue weighted by molar-refractivity contribution is -0.146. The van der Waals surface area contributed by atoms with Crippen LogP contribution in [-0.2, 0) is 44.7 Å². The van der Waals surface area contributed by atoms with Crippen LogP contribution in [0.25, 0.3) is 11.1 Å². The smallest absolute Gasteiger partial charge is 0.333 e. The number of halogens is 2. The fraction of sp³-hybridized carbons (Fsp3) is 0.183. The predicted molar refractivity (Wildman–Crippen MR) is 304 cm³/mol. The standard InChI is InChI=1S/C60H49Cl2N7O18/c1-63-46-25-6-11-37(72)41(16-25)86-30-21-33(45(62)39(74)22-30)49-58(81)66-48-27-17-42(85-29-8-3-23(4-9-29)13-35(54(77)67-49)64-55(46)78)53(76)43(18-27)87-40-12-7-26(15-34(40)61)52(75)51-59(82)68-50(60(83)84-2)32-19-28(70)20-38(73)44(32)31-14-24(5-10-36(31)71)47(56(79)69-51)65-57(48)80/h3-12,14-22,35,46-52,63,70-76H,13H2,1-2H3,(H,64,78)(H,65,80)(H,66,81)(H,67,77)(H,68,82)(H,69,79). The number of aromatic hydroxyl groups is 6. The molecule has 0 radical (unpaired) electrons. The zero-order valence-corrected chi connectivity index (χ0v) is 46.7. The summed E-state index contributed by atoms with van der Waals surface area (Å²) in [6.07, 6.45) is -2.34. The number of phenolic OH excluding ortho intramolecular Hbond substituents is 6. The fourth-order valence-electron chi connectivity index (χ4n) is 10.6. The number of carbonyl (C=O) groups excluding carboxylic acids is 7. The summed E-state index contributed by atoms with van der Waals surface area (Å²) in [6, 6.07) is 10.1. The van der Waals surface area contributed by atoms with Crippen molar-refractivity contribution in [1.82, 2.24) is 37.2 Å². The Kier molecular flexibility index (Phi) is 15.5. The van der Waals surface area contributed by atoms with Gasteiger partial charge in [0.2, 0.25) is 41.2 Å². The van der Waals surface area contributed by atoms with E-state index in [0.717, 1.165) is 67.8 Å². The Morgan fingerprint density at radius 3 is 1.89 bits per heavy atom. The van der Waals surface area contributed by atoms with Crippen LogP contribution >= 0.6 is 23.2 Å². The molecule has 17 bridgehead atoms. The van der Waals surface area contributed by atoms with Crippen molar-refractivity contribution >= 4 is 64.6 Å². The normalized spacial score (nSPS) is 21.8. The number of amides is 6. The minimum atomic E-state index is -2.16. The van der Waals surface area contributed by atoms with E-state index in [-0.39, 0.29) is 73.4 Å². The first-order valence-corrected chi connectivity index (χ1v) is 27.1. The molecule has 0 spiro atoms. The number of phenols is 6. The molecule has 7 aromatic carbocycles. The summed E-state index contributed by atoms with van der Waals surface area (Å²) in [5.41, 5.74) is -1.48. The minimum Gasteiger partial charge on any atom is -0.508 e. The molecule has 27 heteroatoms. The van der Waals surface area contributed by atoms with Gasteiger partial charge in [-0.25, -0.2) is 4.79 Å². The molecule has 6 heterocycles. The predicted octanol–water partition coefficient (Wildman–Crippen LogP) is 5.33. The highest BCUT2D eigenvalue weighted by atomic mass is 35.5. The Hall–Kier alpha value is -10.5. The number of likely N-dealkylation sites (N-methyl/N-ethyl adjacent to an activating group) is 1. The Bertz CT molecular complexity index is 4060. The third kappa shape index (κ3) is 11.2. The summed E-state index contributed by atoms with van der Waals surface area (Å²) in [4.78, 5) is 104. The lowest BCUT2D eigenvalue weighted by atomic mass is 9.89. The van der Waals surface area contributed by atoms with Crippen molar-refractivity contribution in [3.63, 3.8) is 0 Å². The van der Waals surface area contributed by atoms with Crippen molar-refractivity contribution in [3.8, 4) is 80.1 Å². The van der Waals surface area contributed by atoms with E-state index in [9.17, 15) is 50.1 Å². The topological polar surface area (TPSA) is 382 Å². The molecule has 0 saturated heterocycles. The first-order chi connectivity index (χ1) is 41.6. The van der Waals surface area contributed by atoms with Crippen LogP contribution in [-0.4, -0.2) is 103 Å². The maximum atomic E-state index is 15.8. The molecule has 8 atom stereocenters. The van der Waals surface area contributed by atoms with Crippen LogP contribution in [0.15, 0.2) is 115 Å². The van der Waals surface area contributed by atoms with Crippen molar-refractivity contribution in [1.29, 1.82) is 0 Å². The zero-order valence-electron chi connectivity index (χ0n) is 45.2. The van der Waals surface area contributed by atoms with Gasteiger partial charge in [0.25, 0.3) is 0 Å². The van der Waals surface area contributed by atoms with E-state index >= 15 is 19.2 Å². The highest BCUT2D eigenvalue weighted by molar-refractivity contribution is 6.33. The molecule has 6 aliphatic rings. The monoisotopic (exact) mass is 1230 g/mol. The van der Waals surface area contributed by atoms with Gasteiger partial charge in [0.05, 0.1) is 17.2 Å². The van der Waals surface area contributed by atoms with E-state index in [0.29, 0.717) is 5.56 Å². The van der Waals surface area contributed by atoms with Gasteiger partial charge in [-0.15, -0.1) is 0 Å². The van der Waals surface area contributed by atoms with Gasteiger partial charge in [-0.3, -0.25) is 28.8 Å². The number of rotatable bonds is 2. The van der Waals surface area contributed by atoms with Crippen molar-refractivity contribution < 1.29 is 88.3 Å². The number of esters is 1. The van der Waals surface area contributed by atoms with Crippen molar-refractivity contribution in [2.75, 3.05) is 14.2 Å². The molecule has 0 fully saturated rings. The number of methoxy groups -OCH3 is 1. The quantitative estimate of drug-likeness (QED) is 0.0972. The molecule has 7 aromatic rings. The fourth-order valence-corrected chi connectivity index (χ4v) is 11.0. The van der Waals surface area contributed by atoms with E-state index in [1.807, 2.05) is 0 Å². The summed E-state index contributed by atoms with van der Waals surface area (Å²) in [5.74, 6) is -13.6. The van der Waals surface area contributed by atoms with Crippen molar-refractivity contribution in [2.45, 2.75) is 54.8 Å². The van der Waals surface area contributed by atoms with Gasteiger partial charge < -0.3 is 91.9 Å². The molecule has 8 unspecified atom stereocenters. The van der Waals surface area contributed by atoms with E-state index in [2.05, 4.69) is 37.2 Å². The molecule has 0 aliphatic carbocycles. The molecule has 6 amide bonds. The molecule has 6 aliphatic heterocycles. The lowest BCUT2D eigenvalue weighted by Crippen LogP contribution is -2.55. The van der Waals surface area contributed by atoms with Crippen LogP contribution in [0.4, 0.5) is 0 Å². The maximum absolute atomic E-state index is 15.8. The van der Waals surface area contributed by atoms with Crippen LogP contribution in [0.1, 0.15) is 75.3 Å². The summed E-state index contributed by atoms with van der Waals surface area (Å²) in [5, 5.41) is 98.0.